The van der Waals surface area contributed by atoms with Gasteiger partial charge in [-0.15, -0.1) is 0 Å². The molecule has 0 spiro atoms. The van der Waals surface area contributed by atoms with Crippen LogP contribution in [0.15, 0.2) is 82.6 Å². The zero-order valence-electron chi connectivity index (χ0n) is 19.0. The van der Waals surface area contributed by atoms with Crippen LogP contribution in [0.4, 0.5) is 0 Å². The molecule has 0 aliphatic heterocycles. The molecule has 4 rings (SSSR count). The summed E-state index contributed by atoms with van der Waals surface area (Å²) in [7, 11) is -3.43. The van der Waals surface area contributed by atoms with Crippen molar-refractivity contribution in [3.8, 4) is 11.4 Å². The SMILES string of the molecule is CCOc1ccc(-n2c(C(C)NCCS(=O)(=O)c3ccccc3)nc3ncccc3c2=O)cc1. The van der Waals surface area contributed by atoms with Gasteiger partial charge in [0.25, 0.3) is 5.56 Å². The van der Waals surface area contributed by atoms with Crippen LogP contribution < -0.4 is 15.6 Å². The molecule has 2 aromatic carbocycles. The lowest BCUT2D eigenvalue weighted by atomic mass is 10.2. The number of ether oxygens (including phenoxy) is 1. The Labute approximate surface area is 198 Å². The molecular weight excluding hydrogens is 452 g/mol. The van der Waals surface area contributed by atoms with E-state index in [2.05, 4.69) is 15.3 Å². The van der Waals surface area contributed by atoms with Crippen molar-refractivity contribution in [2.75, 3.05) is 18.9 Å². The molecule has 0 aliphatic carbocycles. The average Bonchev–Trinajstić information content (AvgIpc) is 2.85. The van der Waals surface area contributed by atoms with Gasteiger partial charge in [-0.05, 0) is 62.4 Å². The van der Waals surface area contributed by atoms with E-state index < -0.39 is 15.9 Å². The van der Waals surface area contributed by atoms with Crippen molar-refractivity contribution in [3.63, 3.8) is 0 Å². The largest absolute Gasteiger partial charge is 0.494 e. The zero-order chi connectivity index (χ0) is 24.1. The average molecular weight is 479 g/mol. The number of hydrogen-bond acceptors (Lipinski definition) is 7. The maximum Gasteiger partial charge on any atom is 0.267 e. The molecule has 1 N–H and O–H groups in total. The molecule has 1 atom stereocenters. The lowest BCUT2D eigenvalue weighted by Crippen LogP contribution is -2.32. The van der Waals surface area contributed by atoms with Gasteiger partial charge in [0.1, 0.15) is 11.6 Å². The summed E-state index contributed by atoms with van der Waals surface area (Å²) in [6.07, 6.45) is 1.59. The van der Waals surface area contributed by atoms with Crippen molar-refractivity contribution in [3.05, 3.63) is 89.1 Å². The van der Waals surface area contributed by atoms with Crippen LogP contribution in [0.3, 0.4) is 0 Å². The predicted octanol–water partition coefficient (Wildman–Crippen LogP) is 3.30. The second kappa shape index (κ2) is 10.1. The van der Waals surface area contributed by atoms with E-state index in [4.69, 9.17) is 4.74 Å². The number of rotatable bonds is 9. The molecule has 8 nitrogen and oxygen atoms in total. The lowest BCUT2D eigenvalue weighted by molar-refractivity contribution is 0.340. The van der Waals surface area contributed by atoms with E-state index in [0.717, 1.165) is 0 Å². The Hall–Kier alpha value is -3.56. The normalized spacial score (nSPS) is 12.5. The Kier molecular flexibility index (Phi) is 7.04. The van der Waals surface area contributed by atoms with Crippen molar-refractivity contribution >= 4 is 20.9 Å². The molecule has 0 radical (unpaired) electrons. The molecular formula is C25H26N4O4S. The van der Waals surface area contributed by atoms with Crippen molar-refractivity contribution in [1.29, 1.82) is 0 Å². The Bertz CT molecular complexity index is 1440. The fourth-order valence-electron chi connectivity index (χ4n) is 3.68. The fraction of sp³-hybridized carbons (Fsp3) is 0.240. The van der Waals surface area contributed by atoms with Crippen LogP contribution in [0, 0.1) is 0 Å². The number of nitrogens with zero attached hydrogens (tertiary/aromatic N) is 3. The van der Waals surface area contributed by atoms with Crippen LogP contribution in [-0.2, 0) is 9.84 Å². The van der Waals surface area contributed by atoms with Crippen molar-refractivity contribution in [2.24, 2.45) is 0 Å². The van der Waals surface area contributed by atoms with E-state index in [0.29, 0.717) is 34.9 Å². The molecule has 9 heteroatoms. The van der Waals surface area contributed by atoms with E-state index in [9.17, 15) is 13.2 Å². The van der Waals surface area contributed by atoms with E-state index >= 15 is 0 Å². The first kappa shape index (κ1) is 23.6. The first-order chi connectivity index (χ1) is 16.4. The predicted molar refractivity (Wildman–Crippen MR) is 131 cm³/mol. The van der Waals surface area contributed by atoms with Crippen LogP contribution in [0.5, 0.6) is 5.75 Å². The summed E-state index contributed by atoms with van der Waals surface area (Å²) in [4.78, 5) is 22.6. The standard InChI is InChI=1S/C25H26N4O4S/c1-3-33-20-13-11-19(12-14-20)29-24(28-23-22(25(29)30)10-7-15-27-23)18(2)26-16-17-34(31,32)21-8-5-4-6-9-21/h4-15,18,26H,3,16-17H2,1-2H3. The molecule has 176 valence electrons. The van der Waals surface area contributed by atoms with Gasteiger partial charge >= 0.3 is 0 Å². The van der Waals surface area contributed by atoms with Crippen LogP contribution in [0.1, 0.15) is 25.7 Å². The first-order valence-corrected chi connectivity index (χ1v) is 12.7. The molecule has 1 unspecified atom stereocenters. The van der Waals surface area contributed by atoms with Gasteiger partial charge < -0.3 is 10.1 Å². The van der Waals surface area contributed by atoms with E-state index in [1.54, 1.807) is 72.9 Å². The molecule has 0 saturated heterocycles. The second-order valence-corrected chi connectivity index (χ2v) is 9.83. The maximum atomic E-state index is 13.4. The summed E-state index contributed by atoms with van der Waals surface area (Å²) in [6.45, 7) is 4.48. The molecule has 34 heavy (non-hydrogen) atoms. The second-order valence-electron chi connectivity index (χ2n) is 7.72. The van der Waals surface area contributed by atoms with Gasteiger partial charge in [-0.1, -0.05) is 18.2 Å². The number of nitrogens with one attached hydrogen (secondary N) is 1. The topological polar surface area (TPSA) is 103 Å². The van der Waals surface area contributed by atoms with Gasteiger partial charge in [-0.2, -0.15) is 0 Å². The number of fused-ring (bicyclic) bond motifs is 1. The summed E-state index contributed by atoms with van der Waals surface area (Å²) in [5.74, 6) is 1.06. The Balaban J connectivity index is 1.65. The number of sulfone groups is 1. The van der Waals surface area contributed by atoms with Crippen LogP contribution in [-0.4, -0.2) is 41.9 Å². The maximum absolute atomic E-state index is 13.4. The summed E-state index contributed by atoms with van der Waals surface area (Å²) < 4.78 is 32.3. The third-order valence-electron chi connectivity index (χ3n) is 5.39. The molecule has 0 bridgehead atoms. The smallest absolute Gasteiger partial charge is 0.267 e. The quantitative estimate of drug-likeness (QED) is 0.394. The highest BCUT2D eigenvalue weighted by Crippen LogP contribution is 2.20. The van der Waals surface area contributed by atoms with Gasteiger partial charge in [0, 0.05) is 12.7 Å². The Morgan fingerprint density at radius 3 is 2.47 bits per heavy atom. The highest BCUT2D eigenvalue weighted by molar-refractivity contribution is 7.91. The highest BCUT2D eigenvalue weighted by atomic mass is 32.2. The fourth-order valence-corrected chi connectivity index (χ4v) is 4.87. The summed E-state index contributed by atoms with van der Waals surface area (Å²) in [5.41, 5.74) is 0.727. The van der Waals surface area contributed by atoms with Crippen molar-refractivity contribution in [1.82, 2.24) is 19.9 Å². The van der Waals surface area contributed by atoms with Gasteiger partial charge in [0.05, 0.1) is 34.4 Å². The van der Waals surface area contributed by atoms with Crippen molar-refractivity contribution in [2.45, 2.75) is 24.8 Å². The van der Waals surface area contributed by atoms with Gasteiger partial charge in [0.2, 0.25) is 0 Å². The molecule has 0 aliphatic rings. The van der Waals surface area contributed by atoms with E-state index in [1.165, 1.54) is 4.57 Å². The zero-order valence-corrected chi connectivity index (χ0v) is 19.8. The van der Waals surface area contributed by atoms with Gasteiger partial charge in [-0.25, -0.2) is 18.4 Å². The Morgan fingerprint density at radius 2 is 1.76 bits per heavy atom. The summed E-state index contributed by atoms with van der Waals surface area (Å²) in [6, 6.07) is 18.5. The first-order valence-electron chi connectivity index (χ1n) is 11.0. The monoisotopic (exact) mass is 478 g/mol. The minimum Gasteiger partial charge on any atom is -0.494 e. The van der Waals surface area contributed by atoms with E-state index in [-0.39, 0.29) is 22.8 Å². The minimum atomic E-state index is -3.43. The molecule has 0 saturated carbocycles. The number of hydrogen-bond donors (Lipinski definition) is 1. The van der Waals surface area contributed by atoms with Gasteiger partial charge in [-0.3, -0.25) is 9.36 Å². The number of benzene rings is 2. The van der Waals surface area contributed by atoms with Gasteiger partial charge in [0.15, 0.2) is 15.5 Å². The van der Waals surface area contributed by atoms with Crippen LogP contribution in [0.2, 0.25) is 0 Å². The Morgan fingerprint density at radius 1 is 1.03 bits per heavy atom. The summed E-state index contributed by atoms with van der Waals surface area (Å²) >= 11 is 0. The van der Waals surface area contributed by atoms with E-state index in [1.807, 2.05) is 13.8 Å². The molecule has 2 heterocycles. The summed E-state index contributed by atoms with van der Waals surface area (Å²) in [5, 5.41) is 3.61. The molecule has 0 fully saturated rings. The van der Waals surface area contributed by atoms with Crippen LogP contribution >= 0.6 is 0 Å². The number of aromatic nitrogens is 3. The number of pyridine rings is 1. The van der Waals surface area contributed by atoms with Crippen molar-refractivity contribution < 1.29 is 13.2 Å². The third-order valence-corrected chi connectivity index (χ3v) is 7.12. The third kappa shape index (κ3) is 5.00. The molecule has 2 aromatic heterocycles. The minimum absolute atomic E-state index is 0.0829. The molecule has 4 aromatic rings. The highest BCUT2D eigenvalue weighted by Gasteiger charge is 2.20. The molecule has 0 amide bonds. The lowest BCUT2D eigenvalue weighted by Gasteiger charge is -2.19. The van der Waals surface area contributed by atoms with Crippen LogP contribution in [0.25, 0.3) is 16.7 Å².